The van der Waals surface area contributed by atoms with Crippen molar-refractivity contribution >= 4 is 5.91 Å². The van der Waals surface area contributed by atoms with Crippen molar-refractivity contribution in [2.45, 2.75) is 13.2 Å². The van der Waals surface area contributed by atoms with Gasteiger partial charge in [-0.3, -0.25) is 4.79 Å². The average Bonchev–Trinajstić information content (AvgIpc) is 3.21. The van der Waals surface area contributed by atoms with Crippen LogP contribution >= 0.6 is 0 Å². The normalized spacial score (nSPS) is 10.6. The second-order valence-electron chi connectivity index (χ2n) is 6.15. The third-order valence-electron chi connectivity index (χ3n) is 4.11. The van der Waals surface area contributed by atoms with E-state index in [1.54, 1.807) is 44.6 Å². The van der Waals surface area contributed by atoms with Gasteiger partial charge in [-0.25, -0.2) is 4.39 Å². The Labute approximate surface area is 167 Å². The Morgan fingerprint density at radius 1 is 1.07 bits per heavy atom. The Hall–Kier alpha value is -3.39. The maximum absolute atomic E-state index is 13.0. The average molecular weight is 400 g/mol. The Bertz CT molecular complexity index is 956. The maximum Gasteiger partial charge on any atom is 0.246 e. The predicted molar refractivity (Wildman–Crippen MR) is 103 cm³/mol. The number of nitrogens with one attached hydrogen (secondary N) is 1. The van der Waals surface area contributed by atoms with E-state index in [1.165, 1.54) is 12.1 Å². The van der Waals surface area contributed by atoms with E-state index >= 15 is 0 Å². The highest BCUT2D eigenvalue weighted by Gasteiger charge is 2.09. The molecule has 0 aliphatic heterocycles. The molecule has 152 valence electrons. The first-order valence-corrected chi connectivity index (χ1v) is 8.86. The van der Waals surface area contributed by atoms with Crippen LogP contribution in [0.4, 0.5) is 4.39 Å². The molecule has 1 N–H and O–H groups in total. The van der Waals surface area contributed by atoms with Crippen molar-refractivity contribution in [2.75, 3.05) is 20.8 Å². The first-order chi connectivity index (χ1) is 14.1. The standard InChI is InChI=1S/C21H21FN2O5/c1-26-18-8-3-14(9-20(18)27-2)11-23-21(25)13-28-12-17-10-19(29-24-17)15-4-6-16(22)7-5-15/h3-10H,11-13H2,1-2H3,(H,23,25). The summed E-state index contributed by atoms with van der Waals surface area (Å²) in [5.41, 5.74) is 2.12. The number of carbonyl (C=O) groups excluding carboxylic acids is 1. The monoisotopic (exact) mass is 400 g/mol. The molecule has 3 aromatic rings. The molecule has 0 atom stereocenters. The number of ether oxygens (including phenoxy) is 3. The predicted octanol–water partition coefficient (Wildman–Crippen LogP) is 3.33. The molecule has 0 aliphatic carbocycles. The number of amides is 1. The molecule has 29 heavy (non-hydrogen) atoms. The molecule has 0 saturated heterocycles. The molecule has 0 fully saturated rings. The summed E-state index contributed by atoms with van der Waals surface area (Å²) in [6.45, 7) is 0.335. The maximum atomic E-state index is 13.0. The van der Waals surface area contributed by atoms with Crippen LogP contribution in [0.25, 0.3) is 11.3 Å². The molecular formula is C21H21FN2O5. The van der Waals surface area contributed by atoms with E-state index in [1.807, 2.05) is 6.07 Å². The van der Waals surface area contributed by atoms with Crippen molar-refractivity contribution < 1.29 is 27.9 Å². The van der Waals surface area contributed by atoms with Gasteiger partial charge in [0.1, 0.15) is 18.1 Å². The van der Waals surface area contributed by atoms with Crippen molar-refractivity contribution in [1.82, 2.24) is 10.5 Å². The van der Waals surface area contributed by atoms with Crippen LogP contribution in [-0.4, -0.2) is 31.9 Å². The zero-order chi connectivity index (χ0) is 20.6. The van der Waals surface area contributed by atoms with Crippen LogP contribution in [0.1, 0.15) is 11.3 Å². The van der Waals surface area contributed by atoms with Gasteiger partial charge in [-0.15, -0.1) is 0 Å². The van der Waals surface area contributed by atoms with E-state index in [9.17, 15) is 9.18 Å². The van der Waals surface area contributed by atoms with Gasteiger partial charge in [0.2, 0.25) is 5.91 Å². The number of methoxy groups -OCH3 is 2. The third-order valence-corrected chi connectivity index (χ3v) is 4.11. The molecule has 1 amide bonds. The molecule has 1 heterocycles. The SMILES string of the molecule is COc1ccc(CNC(=O)COCc2cc(-c3ccc(F)cc3)on2)cc1OC. The number of carbonyl (C=O) groups is 1. The van der Waals surface area contributed by atoms with Crippen LogP contribution in [0.2, 0.25) is 0 Å². The van der Waals surface area contributed by atoms with Crippen LogP contribution in [0.15, 0.2) is 53.1 Å². The summed E-state index contributed by atoms with van der Waals surface area (Å²) < 4.78 is 34.0. The molecule has 0 radical (unpaired) electrons. The summed E-state index contributed by atoms with van der Waals surface area (Å²) in [6, 6.07) is 13.0. The van der Waals surface area contributed by atoms with Crippen LogP contribution in [0, 0.1) is 5.82 Å². The number of benzene rings is 2. The van der Waals surface area contributed by atoms with Gasteiger partial charge in [-0.05, 0) is 42.0 Å². The minimum atomic E-state index is -0.323. The molecule has 7 nitrogen and oxygen atoms in total. The highest BCUT2D eigenvalue weighted by molar-refractivity contribution is 5.77. The van der Waals surface area contributed by atoms with E-state index in [4.69, 9.17) is 18.7 Å². The summed E-state index contributed by atoms with van der Waals surface area (Å²) in [5, 5.41) is 6.66. The van der Waals surface area contributed by atoms with Crippen molar-refractivity contribution in [3.8, 4) is 22.8 Å². The number of rotatable bonds is 9. The van der Waals surface area contributed by atoms with Crippen LogP contribution in [-0.2, 0) is 22.7 Å². The van der Waals surface area contributed by atoms with E-state index < -0.39 is 0 Å². The highest BCUT2D eigenvalue weighted by atomic mass is 19.1. The highest BCUT2D eigenvalue weighted by Crippen LogP contribution is 2.27. The number of nitrogens with zero attached hydrogens (tertiary/aromatic N) is 1. The molecule has 0 aliphatic rings. The first-order valence-electron chi connectivity index (χ1n) is 8.86. The zero-order valence-electron chi connectivity index (χ0n) is 16.1. The van der Waals surface area contributed by atoms with Crippen molar-refractivity contribution in [2.24, 2.45) is 0 Å². The summed E-state index contributed by atoms with van der Waals surface area (Å²) >= 11 is 0. The van der Waals surface area contributed by atoms with Crippen LogP contribution < -0.4 is 14.8 Å². The minimum Gasteiger partial charge on any atom is -0.493 e. The van der Waals surface area contributed by atoms with Gasteiger partial charge in [0.05, 0.1) is 20.8 Å². The lowest BCUT2D eigenvalue weighted by Gasteiger charge is -2.10. The Kier molecular flexibility index (Phi) is 6.80. The molecule has 8 heteroatoms. The fourth-order valence-electron chi connectivity index (χ4n) is 2.62. The molecular weight excluding hydrogens is 379 g/mol. The van der Waals surface area contributed by atoms with Crippen molar-refractivity contribution in [1.29, 1.82) is 0 Å². The van der Waals surface area contributed by atoms with Gasteiger partial charge in [-0.2, -0.15) is 0 Å². The number of hydrogen-bond donors (Lipinski definition) is 1. The zero-order valence-corrected chi connectivity index (χ0v) is 16.1. The number of halogens is 1. The smallest absolute Gasteiger partial charge is 0.246 e. The van der Waals surface area contributed by atoms with Gasteiger partial charge in [0.15, 0.2) is 17.3 Å². The van der Waals surface area contributed by atoms with E-state index in [0.29, 0.717) is 35.1 Å². The number of hydrogen-bond acceptors (Lipinski definition) is 6. The van der Waals surface area contributed by atoms with Crippen molar-refractivity contribution in [3.05, 3.63) is 65.6 Å². The first kappa shape index (κ1) is 20.3. The third kappa shape index (κ3) is 5.55. The molecule has 2 aromatic carbocycles. The Balaban J connectivity index is 1.44. The Morgan fingerprint density at radius 3 is 2.55 bits per heavy atom. The largest absolute Gasteiger partial charge is 0.493 e. The lowest BCUT2D eigenvalue weighted by molar-refractivity contribution is -0.126. The summed E-state index contributed by atoms with van der Waals surface area (Å²) in [4.78, 5) is 12.0. The second kappa shape index (κ2) is 9.70. The molecule has 0 saturated carbocycles. The minimum absolute atomic E-state index is 0.119. The van der Waals surface area contributed by atoms with Gasteiger partial charge in [0.25, 0.3) is 0 Å². The van der Waals surface area contributed by atoms with Crippen LogP contribution in [0.3, 0.4) is 0 Å². The summed E-state index contributed by atoms with van der Waals surface area (Å²) in [7, 11) is 3.12. The molecule has 3 rings (SSSR count). The summed E-state index contributed by atoms with van der Waals surface area (Å²) in [6.07, 6.45) is 0. The van der Waals surface area contributed by atoms with Gasteiger partial charge < -0.3 is 24.1 Å². The Morgan fingerprint density at radius 2 is 1.83 bits per heavy atom. The number of aromatic nitrogens is 1. The molecule has 0 unspecified atom stereocenters. The second-order valence-corrected chi connectivity index (χ2v) is 6.15. The van der Waals surface area contributed by atoms with Gasteiger partial charge >= 0.3 is 0 Å². The molecule has 1 aromatic heterocycles. The van der Waals surface area contributed by atoms with E-state index in [2.05, 4.69) is 10.5 Å². The van der Waals surface area contributed by atoms with E-state index in [-0.39, 0.29) is 24.9 Å². The fraction of sp³-hybridized carbons (Fsp3) is 0.238. The topological polar surface area (TPSA) is 82.8 Å². The molecule has 0 spiro atoms. The summed E-state index contributed by atoms with van der Waals surface area (Å²) in [5.74, 6) is 1.14. The van der Waals surface area contributed by atoms with Crippen molar-refractivity contribution in [3.63, 3.8) is 0 Å². The molecule has 0 bridgehead atoms. The lowest BCUT2D eigenvalue weighted by atomic mass is 10.1. The van der Waals surface area contributed by atoms with Crippen LogP contribution in [0.5, 0.6) is 11.5 Å². The van der Waals surface area contributed by atoms with Gasteiger partial charge in [0, 0.05) is 18.2 Å². The lowest BCUT2D eigenvalue weighted by Crippen LogP contribution is -2.27. The fourth-order valence-corrected chi connectivity index (χ4v) is 2.62. The van der Waals surface area contributed by atoms with Gasteiger partial charge in [-0.1, -0.05) is 11.2 Å². The van der Waals surface area contributed by atoms with E-state index in [0.717, 1.165) is 5.56 Å². The quantitative estimate of drug-likeness (QED) is 0.593.